The van der Waals surface area contributed by atoms with Gasteiger partial charge in [-0.25, -0.2) is 0 Å². The van der Waals surface area contributed by atoms with Gasteiger partial charge >= 0.3 is 0 Å². The molecule has 162 valence electrons. The van der Waals surface area contributed by atoms with Crippen molar-refractivity contribution in [1.29, 1.82) is 0 Å². The van der Waals surface area contributed by atoms with Crippen LogP contribution in [0.25, 0.3) is 0 Å². The number of nitrogens with one attached hydrogen (secondary N) is 1. The van der Waals surface area contributed by atoms with E-state index in [9.17, 15) is 14.7 Å². The minimum Gasteiger partial charge on any atom is -0.502 e. The third-order valence-electron chi connectivity index (χ3n) is 5.15. The van der Waals surface area contributed by atoms with Crippen molar-refractivity contribution in [3.63, 3.8) is 0 Å². The Bertz CT molecular complexity index is 903. The van der Waals surface area contributed by atoms with E-state index < -0.39 is 17.1 Å². The van der Waals surface area contributed by atoms with Crippen LogP contribution in [0.1, 0.15) is 29.4 Å². The second-order valence-corrected chi connectivity index (χ2v) is 7.27. The van der Waals surface area contributed by atoms with Crippen LogP contribution >= 0.6 is 0 Å². The molecule has 3 rings (SSSR count). The summed E-state index contributed by atoms with van der Waals surface area (Å²) in [4.78, 5) is 27.0. The highest BCUT2D eigenvalue weighted by Crippen LogP contribution is 2.33. The molecule has 2 heterocycles. The van der Waals surface area contributed by atoms with E-state index in [1.807, 2.05) is 0 Å². The number of aromatic hydroxyl groups is 1. The molecule has 2 N–H and O–H groups in total. The lowest BCUT2D eigenvalue weighted by Crippen LogP contribution is -2.41. The molecule has 8 nitrogen and oxygen atoms in total. The molecule has 0 radical (unpaired) electrons. The Morgan fingerprint density at radius 3 is 2.63 bits per heavy atom. The average Bonchev–Trinajstić information content (AvgIpc) is 2.75. The number of aryl methyl sites for hydroxylation is 1. The van der Waals surface area contributed by atoms with Crippen LogP contribution in [0.15, 0.2) is 39.5 Å². The van der Waals surface area contributed by atoms with Crippen LogP contribution in [-0.4, -0.2) is 62.4 Å². The lowest BCUT2D eigenvalue weighted by molar-refractivity contribution is -0.121. The van der Waals surface area contributed by atoms with Crippen molar-refractivity contribution < 1.29 is 23.8 Å². The average molecular weight is 416 g/mol. The molecular formula is C22H28N2O6. The van der Waals surface area contributed by atoms with Crippen molar-refractivity contribution in [1.82, 2.24) is 10.2 Å². The van der Waals surface area contributed by atoms with Crippen LogP contribution in [-0.2, 0) is 9.53 Å². The van der Waals surface area contributed by atoms with Gasteiger partial charge in [0, 0.05) is 38.7 Å². The van der Waals surface area contributed by atoms with E-state index in [2.05, 4.69) is 10.2 Å². The highest BCUT2D eigenvalue weighted by molar-refractivity contribution is 5.77. The van der Waals surface area contributed by atoms with E-state index >= 15 is 0 Å². The van der Waals surface area contributed by atoms with E-state index in [1.54, 1.807) is 38.3 Å². The first-order valence-corrected chi connectivity index (χ1v) is 10.0. The summed E-state index contributed by atoms with van der Waals surface area (Å²) in [5.41, 5.74) is 0.211. The number of hydrogen-bond acceptors (Lipinski definition) is 7. The van der Waals surface area contributed by atoms with Gasteiger partial charge in [-0.05, 0) is 24.6 Å². The molecule has 0 bridgehead atoms. The van der Waals surface area contributed by atoms with Gasteiger partial charge in [0.1, 0.15) is 11.5 Å². The Morgan fingerprint density at radius 2 is 1.97 bits per heavy atom. The van der Waals surface area contributed by atoms with E-state index in [4.69, 9.17) is 13.9 Å². The van der Waals surface area contributed by atoms with Gasteiger partial charge in [-0.3, -0.25) is 14.5 Å². The van der Waals surface area contributed by atoms with Gasteiger partial charge in [0.25, 0.3) is 0 Å². The fraction of sp³-hybridized carbons (Fsp3) is 0.455. The zero-order chi connectivity index (χ0) is 21.5. The Hall–Kier alpha value is -2.84. The quantitative estimate of drug-likeness (QED) is 0.674. The minimum atomic E-state index is -0.605. The first kappa shape index (κ1) is 21.9. The smallest absolute Gasteiger partial charge is 0.227 e. The maximum atomic E-state index is 12.7. The molecule has 1 aliphatic heterocycles. The van der Waals surface area contributed by atoms with Gasteiger partial charge in [-0.1, -0.05) is 12.1 Å². The van der Waals surface area contributed by atoms with Gasteiger partial charge in [0.2, 0.25) is 17.1 Å². The van der Waals surface area contributed by atoms with Crippen LogP contribution in [0, 0.1) is 6.92 Å². The lowest BCUT2D eigenvalue weighted by atomic mass is 9.91. The number of carbonyl (C=O) groups is 1. The molecule has 2 aromatic rings. The highest BCUT2D eigenvalue weighted by Gasteiger charge is 2.26. The maximum Gasteiger partial charge on any atom is 0.227 e. The molecule has 0 aliphatic carbocycles. The van der Waals surface area contributed by atoms with Gasteiger partial charge in [0.05, 0.1) is 26.2 Å². The molecule has 1 fully saturated rings. The summed E-state index contributed by atoms with van der Waals surface area (Å²) < 4.78 is 16.2. The molecule has 1 aromatic heterocycles. The van der Waals surface area contributed by atoms with E-state index in [-0.39, 0.29) is 18.1 Å². The zero-order valence-corrected chi connectivity index (χ0v) is 17.3. The fourth-order valence-electron chi connectivity index (χ4n) is 3.50. The molecule has 1 saturated heterocycles. The summed E-state index contributed by atoms with van der Waals surface area (Å²) >= 11 is 0. The Morgan fingerprint density at radius 1 is 1.27 bits per heavy atom. The zero-order valence-electron chi connectivity index (χ0n) is 17.3. The number of carbonyl (C=O) groups excluding carboxylic acids is 1. The van der Waals surface area contributed by atoms with Crippen molar-refractivity contribution in [2.75, 3.05) is 46.5 Å². The second kappa shape index (κ2) is 10.3. The number of nitrogens with zero attached hydrogens (tertiary/aromatic N) is 1. The number of hydrogen-bond donors (Lipinski definition) is 2. The second-order valence-electron chi connectivity index (χ2n) is 7.27. The van der Waals surface area contributed by atoms with Crippen molar-refractivity contribution in [3.05, 3.63) is 57.6 Å². The third kappa shape index (κ3) is 5.61. The van der Waals surface area contributed by atoms with E-state index in [0.717, 1.165) is 25.2 Å². The van der Waals surface area contributed by atoms with Crippen LogP contribution in [0.4, 0.5) is 0 Å². The van der Waals surface area contributed by atoms with Gasteiger partial charge in [-0.15, -0.1) is 0 Å². The number of morpholine rings is 1. The summed E-state index contributed by atoms with van der Waals surface area (Å²) in [5, 5.41) is 13.3. The van der Waals surface area contributed by atoms with E-state index in [1.165, 1.54) is 6.07 Å². The van der Waals surface area contributed by atoms with Crippen molar-refractivity contribution in [2.45, 2.75) is 19.3 Å². The predicted octanol–water partition coefficient (Wildman–Crippen LogP) is 1.63. The summed E-state index contributed by atoms with van der Waals surface area (Å²) in [6.07, 6.45) is 0.0371. The first-order chi connectivity index (χ1) is 14.5. The molecule has 1 unspecified atom stereocenters. The number of ether oxygens (including phenoxy) is 2. The van der Waals surface area contributed by atoms with Crippen LogP contribution in [0.2, 0.25) is 0 Å². The Kier molecular flexibility index (Phi) is 7.48. The molecule has 0 saturated carbocycles. The lowest BCUT2D eigenvalue weighted by Gasteiger charge is -2.26. The van der Waals surface area contributed by atoms with Crippen LogP contribution in [0.3, 0.4) is 0 Å². The normalized spacial score (nSPS) is 15.5. The van der Waals surface area contributed by atoms with Crippen molar-refractivity contribution >= 4 is 5.91 Å². The number of amides is 1. The molecule has 1 aromatic carbocycles. The molecular weight excluding hydrogens is 388 g/mol. The molecule has 1 amide bonds. The topological polar surface area (TPSA) is 101 Å². The minimum absolute atomic E-state index is 0.0371. The molecule has 0 spiro atoms. The van der Waals surface area contributed by atoms with E-state index in [0.29, 0.717) is 31.3 Å². The first-order valence-electron chi connectivity index (χ1n) is 10.0. The number of benzene rings is 1. The van der Waals surface area contributed by atoms with Crippen molar-refractivity contribution in [2.24, 2.45) is 0 Å². The summed E-state index contributed by atoms with van der Waals surface area (Å²) in [6, 6.07) is 8.36. The highest BCUT2D eigenvalue weighted by atomic mass is 16.5. The standard InChI is InChI=1S/C22H28N2O6/c1-15-13-19(25)21(27)22(30-15)18(16-3-5-17(28-2)6-4-16)14-20(26)23-7-8-24-9-11-29-12-10-24/h3-6,13,18,27H,7-12,14H2,1-2H3,(H,23,26). The van der Waals surface area contributed by atoms with Gasteiger partial charge in [0.15, 0.2) is 5.76 Å². The third-order valence-corrected chi connectivity index (χ3v) is 5.15. The number of methoxy groups -OCH3 is 1. The molecule has 1 atom stereocenters. The van der Waals surface area contributed by atoms with Crippen molar-refractivity contribution in [3.8, 4) is 11.5 Å². The molecule has 30 heavy (non-hydrogen) atoms. The Labute approximate surface area is 175 Å². The monoisotopic (exact) mass is 416 g/mol. The van der Waals surface area contributed by atoms with Gasteiger partial charge < -0.3 is 24.3 Å². The molecule has 8 heteroatoms. The summed E-state index contributed by atoms with van der Waals surface area (Å²) in [5.74, 6) is -0.128. The maximum absolute atomic E-state index is 12.7. The predicted molar refractivity (Wildman–Crippen MR) is 111 cm³/mol. The fourth-order valence-corrected chi connectivity index (χ4v) is 3.50. The van der Waals surface area contributed by atoms with Crippen LogP contribution < -0.4 is 15.5 Å². The largest absolute Gasteiger partial charge is 0.502 e. The Balaban J connectivity index is 1.75. The van der Waals surface area contributed by atoms with Gasteiger partial charge in [-0.2, -0.15) is 0 Å². The van der Waals surface area contributed by atoms with Crippen LogP contribution in [0.5, 0.6) is 11.5 Å². The summed E-state index contributed by atoms with van der Waals surface area (Å²) in [6.45, 7) is 6.01. The molecule has 1 aliphatic rings. The number of rotatable bonds is 8. The SMILES string of the molecule is COc1ccc(C(CC(=O)NCCN2CCOCC2)c2oc(C)cc(=O)c2O)cc1. The summed E-state index contributed by atoms with van der Waals surface area (Å²) in [7, 11) is 1.57.